The molecule has 106 valence electrons. The van der Waals surface area contributed by atoms with Crippen LogP contribution in [0.4, 0.5) is 0 Å². The molecular formula is C16H25ClN2. The molecule has 1 aromatic carbocycles. The predicted octanol–water partition coefficient (Wildman–Crippen LogP) is 3.61. The Bertz CT molecular complexity index is 400. The van der Waals surface area contributed by atoms with Crippen molar-refractivity contribution in [2.24, 2.45) is 0 Å². The molecule has 1 fully saturated rings. The molecule has 1 saturated heterocycles. The van der Waals surface area contributed by atoms with E-state index in [1.165, 1.54) is 43.5 Å². The lowest BCUT2D eigenvalue weighted by molar-refractivity contribution is 0.170. The molecule has 0 radical (unpaired) electrons. The summed E-state index contributed by atoms with van der Waals surface area (Å²) in [6, 6.07) is 6.76. The molecule has 1 aromatic rings. The highest BCUT2D eigenvalue weighted by Gasteiger charge is 2.15. The van der Waals surface area contributed by atoms with Gasteiger partial charge in [0, 0.05) is 24.2 Å². The summed E-state index contributed by atoms with van der Waals surface area (Å²) < 4.78 is 0. The Kier molecular flexibility index (Phi) is 5.68. The van der Waals surface area contributed by atoms with E-state index in [1.807, 2.05) is 12.1 Å². The second-order valence-corrected chi connectivity index (χ2v) is 6.08. The van der Waals surface area contributed by atoms with Gasteiger partial charge in [0.25, 0.3) is 0 Å². The summed E-state index contributed by atoms with van der Waals surface area (Å²) in [5.74, 6) is 0. The average Bonchev–Trinajstić information content (AvgIpc) is 2.42. The maximum atomic E-state index is 5.98. The summed E-state index contributed by atoms with van der Waals surface area (Å²) >= 11 is 5.98. The van der Waals surface area contributed by atoms with Crippen LogP contribution in [-0.4, -0.2) is 30.6 Å². The molecule has 1 heterocycles. The summed E-state index contributed by atoms with van der Waals surface area (Å²) in [5.41, 5.74) is 2.61. The molecule has 1 aliphatic heterocycles. The number of hydrogen-bond acceptors (Lipinski definition) is 2. The topological polar surface area (TPSA) is 15.3 Å². The first-order valence-corrected chi connectivity index (χ1v) is 7.74. The van der Waals surface area contributed by atoms with Crippen LogP contribution in [0.15, 0.2) is 18.2 Å². The van der Waals surface area contributed by atoms with Crippen molar-refractivity contribution in [3.63, 3.8) is 0 Å². The monoisotopic (exact) mass is 280 g/mol. The third kappa shape index (κ3) is 4.48. The van der Waals surface area contributed by atoms with Gasteiger partial charge in [-0.3, -0.25) is 4.90 Å². The molecule has 0 bridgehead atoms. The third-order valence-electron chi connectivity index (χ3n) is 4.07. The van der Waals surface area contributed by atoms with Gasteiger partial charge in [-0.2, -0.15) is 0 Å². The Labute approximate surface area is 122 Å². The summed E-state index contributed by atoms with van der Waals surface area (Å²) in [6.45, 7) is 8.97. The Morgan fingerprint density at radius 1 is 1.26 bits per heavy atom. The third-order valence-corrected chi connectivity index (χ3v) is 4.31. The van der Waals surface area contributed by atoms with Crippen molar-refractivity contribution in [3.8, 4) is 0 Å². The number of piperidine rings is 1. The molecule has 3 heteroatoms. The molecule has 0 aromatic heterocycles. The lowest BCUT2D eigenvalue weighted by atomic mass is 10.1. The Balaban J connectivity index is 1.76. The van der Waals surface area contributed by atoms with Crippen LogP contribution in [0.5, 0.6) is 0 Å². The molecule has 2 nitrogen and oxygen atoms in total. The Morgan fingerprint density at radius 3 is 2.68 bits per heavy atom. The van der Waals surface area contributed by atoms with Crippen LogP contribution in [0.3, 0.4) is 0 Å². The average molecular weight is 281 g/mol. The van der Waals surface area contributed by atoms with Crippen LogP contribution in [0.25, 0.3) is 0 Å². The highest BCUT2D eigenvalue weighted by atomic mass is 35.5. The van der Waals surface area contributed by atoms with Gasteiger partial charge in [0.2, 0.25) is 0 Å². The van der Waals surface area contributed by atoms with Gasteiger partial charge in [-0.1, -0.05) is 24.1 Å². The van der Waals surface area contributed by atoms with E-state index in [2.05, 4.69) is 30.1 Å². The van der Waals surface area contributed by atoms with Crippen LogP contribution in [0.1, 0.15) is 37.3 Å². The molecule has 0 amide bonds. The number of aryl methyl sites for hydroxylation is 1. The van der Waals surface area contributed by atoms with Gasteiger partial charge in [0.05, 0.1) is 0 Å². The number of likely N-dealkylation sites (tertiary alicyclic amines) is 1. The number of halogens is 1. The van der Waals surface area contributed by atoms with Gasteiger partial charge < -0.3 is 5.32 Å². The van der Waals surface area contributed by atoms with Gasteiger partial charge in [0.15, 0.2) is 0 Å². The zero-order valence-corrected chi connectivity index (χ0v) is 12.8. The zero-order valence-electron chi connectivity index (χ0n) is 12.1. The second-order valence-electron chi connectivity index (χ2n) is 5.65. The molecule has 2 rings (SSSR count). The van der Waals surface area contributed by atoms with E-state index >= 15 is 0 Å². The van der Waals surface area contributed by atoms with E-state index < -0.39 is 0 Å². The fraction of sp³-hybridized carbons (Fsp3) is 0.625. The number of nitrogens with one attached hydrogen (secondary N) is 1. The first-order chi connectivity index (χ1) is 9.16. The molecule has 1 unspecified atom stereocenters. The number of hydrogen-bond donors (Lipinski definition) is 1. The van der Waals surface area contributed by atoms with Crippen molar-refractivity contribution in [2.75, 3.05) is 19.6 Å². The molecule has 1 aliphatic rings. The minimum atomic E-state index is 0.632. The number of nitrogens with zero attached hydrogens (tertiary/aromatic N) is 1. The maximum Gasteiger partial charge on any atom is 0.0408 e. The maximum absolute atomic E-state index is 5.98. The predicted molar refractivity (Wildman–Crippen MR) is 82.8 cm³/mol. The molecule has 0 spiro atoms. The lowest BCUT2D eigenvalue weighted by Gasteiger charge is -2.32. The standard InChI is InChI=1S/C16H25ClN2/c1-13-10-16(17)7-6-15(13)12-18-11-14(2)19-8-4-3-5-9-19/h6-7,10,14,18H,3-5,8-9,11-12H2,1-2H3. The fourth-order valence-electron chi connectivity index (χ4n) is 2.76. The lowest BCUT2D eigenvalue weighted by Crippen LogP contribution is -2.43. The van der Waals surface area contributed by atoms with Crippen molar-refractivity contribution >= 4 is 11.6 Å². The van der Waals surface area contributed by atoms with E-state index in [4.69, 9.17) is 11.6 Å². The van der Waals surface area contributed by atoms with Gasteiger partial charge in [0.1, 0.15) is 0 Å². The summed E-state index contributed by atoms with van der Waals surface area (Å²) in [5, 5.41) is 4.40. The first-order valence-electron chi connectivity index (χ1n) is 7.36. The van der Waals surface area contributed by atoms with E-state index in [-0.39, 0.29) is 0 Å². The van der Waals surface area contributed by atoms with E-state index in [0.29, 0.717) is 6.04 Å². The Hall–Kier alpha value is -0.570. The van der Waals surface area contributed by atoms with Gasteiger partial charge in [-0.15, -0.1) is 0 Å². The quantitative estimate of drug-likeness (QED) is 0.886. The molecule has 0 aliphatic carbocycles. The van der Waals surface area contributed by atoms with Crippen molar-refractivity contribution < 1.29 is 0 Å². The van der Waals surface area contributed by atoms with Crippen molar-refractivity contribution in [3.05, 3.63) is 34.3 Å². The molecule has 0 saturated carbocycles. The van der Waals surface area contributed by atoms with Crippen LogP contribution >= 0.6 is 11.6 Å². The first kappa shape index (κ1) is 14.8. The second kappa shape index (κ2) is 7.28. The van der Waals surface area contributed by atoms with Crippen molar-refractivity contribution in [1.29, 1.82) is 0 Å². The van der Waals surface area contributed by atoms with Crippen LogP contribution in [-0.2, 0) is 6.54 Å². The largest absolute Gasteiger partial charge is 0.311 e. The molecular weight excluding hydrogens is 256 g/mol. The molecule has 19 heavy (non-hydrogen) atoms. The van der Waals surface area contributed by atoms with E-state index in [1.54, 1.807) is 0 Å². The Morgan fingerprint density at radius 2 is 2.00 bits per heavy atom. The van der Waals surface area contributed by atoms with Gasteiger partial charge >= 0.3 is 0 Å². The van der Waals surface area contributed by atoms with Gasteiger partial charge in [-0.05, 0) is 63.0 Å². The van der Waals surface area contributed by atoms with Crippen molar-refractivity contribution in [2.45, 2.75) is 45.7 Å². The van der Waals surface area contributed by atoms with E-state index in [9.17, 15) is 0 Å². The van der Waals surface area contributed by atoms with Crippen LogP contribution in [0, 0.1) is 6.92 Å². The highest BCUT2D eigenvalue weighted by molar-refractivity contribution is 6.30. The highest BCUT2D eigenvalue weighted by Crippen LogP contribution is 2.15. The smallest absolute Gasteiger partial charge is 0.0408 e. The van der Waals surface area contributed by atoms with Gasteiger partial charge in [-0.25, -0.2) is 0 Å². The molecule has 1 atom stereocenters. The van der Waals surface area contributed by atoms with E-state index in [0.717, 1.165) is 18.1 Å². The number of rotatable bonds is 5. The summed E-state index contributed by atoms with van der Waals surface area (Å²) in [4.78, 5) is 2.60. The molecule has 1 N–H and O–H groups in total. The van der Waals surface area contributed by atoms with Crippen molar-refractivity contribution in [1.82, 2.24) is 10.2 Å². The number of benzene rings is 1. The zero-order chi connectivity index (χ0) is 13.7. The minimum Gasteiger partial charge on any atom is -0.311 e. The van der Waals surface area contributed by atoms with Crippen LogP contribution < -0.4 is 5.32 Å². The summed E-state index contributed by atoms with van der Waals surface area (Å²) in [6.07, 6.45) is 4.13. The fourth-order valence-corrected chi connectivity index (χ4v) is 2.99. The van der Waals surface area contributed by atoms with Crippen LogP contribution in [0.2, 0.25) is 5.02 Å². The minimum absolute atomic E-state index is 0.632. The summed E-state index contributed by atoms with van der Waals surface area (Å²) in [7, 11) is 0. The SMILES string of the molecule is Cc1cc(Cl)ccc1CNCC(C)N1CCCCC1. The normalized spacial score (nSPS) is 18.5.